The Morgan fingerprint density at radius 2 is 1.81 bits per heavy atom. The number of esters is 2. The number of benzene rings is 1. The van der Waals surface area contributed by atoms with E-state index in [2.05, 4.69) is 0 Å². The van der Waals surface area contributed by atoms with Crippen LogP contribution in [0.5, 0.6) is 11.5 Å². The van der Waals surface area contributed by atoms with E-state index < -0.39 is 29.6 Å². The van der Waals surface area contributed by atoms with Crippen LogP contribution in [0.15, 0.2) is 23.1 Å². The topological polar surface area (TPSA) is 108 Å². The number of carbonyl (C=O) groups excluding carboxylic acids is 4. The lowest BCUT2D eigenvalue weighted by atomic mass is 10.2. The number of hydrogen-bond donors (Lipinski definition) is 0. The van der Waals surface area contributed by atoms with Gasteiger partial charge in [0.05, 0.1) is 24.7 Å². The second-order valence-electron chi connectivity index (χ2n) is 7.58. The fourth-order valence-electron chi connectivity index (χ4n) is 2.55. The van der Waals surface area contributed by atoms with E-state index in [4.69, 9.17) is 18.9 Å². The molecule has 1 aliphatic heterocycles. The summed E-state index contributed by atoms with van der Waals surface area (Å²) in [5, 5.41) is -0.543. The first-order chi connectivity index (χ1) is 15.1. The number of thioether (sulfide) groups is 1. The molecule has 1 aliphatic rings. The SMILES string of the molecule is COc1cc(/C=C2\SC(=O)N(CC(=O)OCC(C)C)C2=O)ccc1OCC(=O)OC(C)C. The molecule has 0 atom stereocenters. The molecule has 0 aliphatic carbocycles. The van der Waals surface area contributed by atoms with Crippen LogP contribution in [0.2, 0.25) is 0 Å². The van der Waals surface area contributed by atoms with Gasteiger partial charge in [0, 0.05) is 0 Å². The van der Waals surface area contributed by atoms with Gasteiger partial charge in [-0.1, -0.05) is 19.9 Å². The highest BCUT2D eigenvalue weighted by atomic mass is 32.2. The van der Waals surface area contributed by atoms with Crippen LogP contribution in [0.4, 0.5) is 4.79 Å². The maximum absolute atomic E-state index is 12.6. The Morgan fingerprint density at radius 1 is 1.09 bits per heavy atom. The van der Waals surface area contributed by atoms with E-state index in [0.29, 0.717) is 17.1 Å². The number of ether oxygens (including phenoxy) is 4. The first-order valence-corrected chi connectivity index (χ1v) is 10.8. The van der Waals surface area contributed by atoms with Crippen molar-refractivity contribution in [1.82, 2.24) is 4.90 Å². The summed E-state index contributed by atoms with van der Waals surface area (Å²) < 4.78 is 20.8. The zero-order valence-electron chi connectivity index (χ0n) is 18.7. The number of hydrogen-bond acceptors (Lipinski definition) is 9. The Hall–Kier alpha value is -3.01. The van der Waals surface area contributed by atoms with Gasteiger partial charge in [-0.05, 0) is 55.3 Å². The average Bonchev–Trinajstić information content (AvgIpc) is 2.98. The molecule has 0 radical (unpaired) electrons. The fraction of sp³-hybridized carbons (Fsp3) is 0.455. The number of imide groups is 1. The Kier molecular flexibility index (Phi) is 9.13. The van der Waals surface area contributed by atoms with E-state index in [0.717, 1.165) is 16.7 Å². The van der Waals surface area contributed by atoms with Gasteiger partial charge in [0.1, 0.15) is 6.54 Å². The van der Waals surface area contributed by atoms with Gasteiger partial charge in [-0.15, -0.1) is 0 Å². The summed E-state index contributed by atoms with van der Waals surface area (Å²) in [7, 11) is 1.44. The first kappa shape index (κ1) is 25.3. The molecule has 174 valence electrons. The third kappa shape index (κ3) is 7.30. The summed E-state index contributed by atoms with van der Waals surface area (Å²) in [6, 6.07) is 4.84. The standard InChI is InChI=1S/C22H27NO8S/c1-13(2)11-30-19(24)10-23-21(26)18(32-22(23)27)9-15-6-7-16(17(8-15)28-5)29-12-20(25)31-14(3)4/h6-9,13-14H,10-12H2,1-5H3/b18-9-. The molecular weight excluding hydrogens is 438 g/mol. The van der Waals surface area contributed by atoms with E-state index >= 15 is 0 Å². The zero-order chi connectivity index (χ0) is 23.8. The smallest absolute Gasteiger partial charge is 0.344 e. The van der Waals surface area contributed by atoms with Crippen LogP contribution in [-0.4, -0.2) is 61.0 Å². The van der Waals surface area contributed by atoms with Crippen molar-refractivity contribution in [2.75, 3.05) is 26.9 Å². The van der Waals surface area contributed by atoms with Gasteiger partial charge in [0.15, 0.2) is 18.1 Å². The minimum Gasteiger partial charge on any atom is -0.493 e. The minimum absolute atomic E-state index is 0.150. The van der Waals surface area contributed by atoms with Crippen LogP contribution in [0.25, 0.3) is 6.08 Å². The predicted molar refractivity (Wildman–Crippen MR) is 118 cm³/mol. The molecular formula is C22H27NO8S. The lowest BCUT2D eigenvalue weighted by molar-refractivity contribution is -0.149. The van der Waals surface area contributed by atoms with Crippen molar-refractivity contribution in [1.29, 1.82) is 0 Å². The van der Waals surface area contributed by atoms with Crippen LogP contribution < -0.4 is 9.47 Å². The molecule has 1 fully saturated rings. The molecule has 9 nitrogen and oxygen atoms in total. The highest BCUT2D eigenvalue weighted by Gasteiger charge is 2.36. The van der Waals surface area contributed by atoms with Crippen molar-refractivity contribution in [3.63, 3.8) is 0 Å². The highest BCUT2D eigenvalue weighted by Crippen LogP contribution is 2.34. The average molecular weight is 466 g/mol. The van der Waals surface area contributed by atoms with Gasteiger partial charge < -0.3 is 18.9 Å². The van der Waals surface area contributed by atoms with Gasteiger partial charge in [-0.2, -0.15) is 0 Å². The second-order valence-corrected chi connectivity index (χ2v) is 8.58. The van der Waals surface area contributed by atoms with Gasteiger partial charge >= 0.3 is 11.9 Å². The van der Waals surface area contributed by atoms with E-state index in [-0.39, 0.29) is 30.1 Å². The molecule has 32 heavy (non-hydrogen) atoms. The molecule has 0 saturated carbocycles. The van der Waals surface area contributed by atoms with E-state index in [9.17, 15) is 19.2 Å². The summed E-state index contributed by atoms with van der Waals surface area (Å²) in [6.07, 6.45) is 1.27. The summed E-state index contributed by atoms with van der Waals surface area (Å²) in [5.74, 6) is -0.902. The zero-order valence-corrected chi connectivity index (χ0v) is 19.5. The largest absolute Gasteiger partial charge is 0.493 e. The summed E-state index contributed by atoms with van der Waals surface area (Å²) in [4.78, 5) is 49.4. The normalized spacial score (nSPS) is 15.0. The molecule has 0 unspecified atom stereocenters. The Labute approximate surface area is 191 Å². The predicted octanol–water partition coefficient (Wildman–Crippen LogP) is 3.26. The maximum Gasteiger partial charge on any atom is 0.344 e. The molecule has 0 bridgehead atoms. The van der Waals surface area contributed by atoms with E-state index in [1.807, 2.05) is 13.8 Å². The number of methoxy groups -OCH3 is 1. The first-order valence-electron chi connectivity index (χ1n) is 10.0. The van der Waals surface area contributed by atoms with Crippen molar-refractivity contribution in [2.24, 2.45) is 5.92 Å². The van der Waals surface area contributed by atoms with Crippen LogP contribution in [-0.2, 0) is 23.9 Å². The molecule has 1 saturated heterocycles. The molecule has 1 aromatic carbocycles. The molecule has 1 heterocycles. The summed E-state index contributed by atoms with van der Waals surface area (Å²) in [5.41, 5.74) is 0.576. The summed E-state index contributed by atoms with van der Waals surface area (Å²) in [6.45, 7) is 6.76. The van der Waals surface area contributed by atoms with Crippen LogP contribution >= 0.6 is 11.8 Å². The van der Waals surface area contributed by atoms with Crippen molar-refractivity contribution < 1.29 is 38.1 Å². The number of amides is 2. The Balaban J connectivity index is 2.07. The lowest BCUT2D eigenvalue weighted by Gasteiger charge is -2.13. The highest BCUT2D eigenvalue weighted by molar-refractivity contribution is 8.18. The van der Waals surface area contributed by atoms with Crippen molar-refractivity contribution in [2.45, 2.75) is 33.8 Å². The van der Waals surface area contributed by atoms with Gasteiger partial charge in [0.25, 0.3) is 11.1 Å². The van der Waals surface area contributed by atoms with Crippen LogP contribution in [0.3, 0.4) is 0 Å². The van der Waals surface area contributed by atoms with Crippen LogP contribution in [0.1, 0.15) is 33.3 Å². The third-order valence-electron chi connectivity index (χ3n) is 3.94. The molecule has 0 spiro atoms. The monoisotopic (exact) mass is 465 g/mol. The van der Waals surface area contributed by atoms with Crippen molar-refractivity contribution in [3.8, 4) is 11.5 Å². The quantitative estimate of drug-likeness (QED) is 0.380. The Bertz CT molecular complexity index is 909. The van der Waals surface area contributed by atoms with Gasteiger partial charge in [-0.3, -0.25) is 19.3 Å². The maximum atomic E-state index is 12.6. The Morgan fingerprint density at radius 3 is 2.44 bits per heavy atom. The van der Waals surface area contributed by atoms with Gasteiger partial charge in [-0.25, -0.2) is 4.79 Å². The molecule has 2 amide bonds. The van der Waals surface area contributed by atoms with Gasteiger partial charge in [0.2, 0.25) is 0 Å². The van der Waals surface area contributed by atoms with Crippen LogP contribution in [0, 0.1) is 5.92 Å². The molecule has 10 heteroatoms. The number of nitrogens with zero attached hydrogens (tertiary/aromatic N) is 1. The van der Waals surface area contributed by atoms with Crippen molar-refractivity contribution in [3.05, 3.63) is 28.7 Å². The van der Waals surface area contributed by atoms with E-state index in [1.54, 1.807) is 32.0 Å². The molecule has 0 aromatic heterocycles. The molecule has 0 N–H and O–H groups in total. The molecule has 2 rings (SSSR count). The fourth-order valence-corrected chi connectivity index (χ4v) is 3.39. The van der Waals surface area contributed by atoms with E-state index in [1.165, 1.54) is 13.2 Å². The summed E-state index contributed by atoms with van der Waals surface area (Å²) >= 11 is 0.738. The second kappa shape index (κ2) is 11.6. The third-order valence-corrected chi connectivity index (χ3v) is 4.84. The minimum atomic E-state index is -0.638. The van der Waals surface area contributed by atoms with Crippen molar-refractivity contribution >= 4 is 40.9 Å². The number of rotatable bonds is 10. The molecule has 1 aromatic rings. The number of carbonyl (C=O) groups is 4. The lowest BCUT2D eigenvalue weighted by Crippen LogP contribution is -2.34.